The predicted octanol–water partition coefficient (Wildman–Crippen LogP) is 1.83. The van der Waals surface area contributed by atoms with Crippen LogP contribution in [0.3, 0.4) is 0 Å². The Hall–Kier alpha value is -0.970. The average Bonchev–Trinajstić information content (AvgIpc) is 2.92. The van der Waals surface area contributed by atoms with Gasteiger partial charge in [-0.15, -0.1) is 0 Å². The van der Waals surface area contributed by atoms with Crippen LogP contribution in [0, 0.1) is 0 Å². The molecule has 0 bridgehead atoms. The number of benzene rings is 1. The number of ether oxygens (including phenoxy) is 1. The molecule has 1 aromatic carbocycles. The zero-order chi connectivity index (χ0) is 13.2. The van der Waals surface area contributed by atoms with Gasteiger partial charge in [0.2, 0.25) is 0 Å². The van der Waals surface area contributed by atoms with E-state index in [0.29, 0.717) is 6.04 Å². The Morgan fingerprint density at radius 3 is 2.79 bits per heavy atom. The number of halogens is 1. The molecule has 19 heavy (non-hydrogen) atoms. The van der Waals surface area contributed by atoms with Gasteiger partial charge in [0, 0.05) is 37.2 Å². The lowest BCUT2D eigenvalue weighted by Crippen LogP contribution is -2.44. The highest BCUT2D eigenvalue weighted by atomic mass is 35.5. The maximum atomic E-state index is 6.07. The zero-order valence-corrected chi connectivity index (χ0v) is 11.8. The zero-order valence-electron chi connectivity index (χ0n) is 11.0. The first-order valence-electron chi connectivity index (χ1n) is 6.86. The van der Waals surface area contributed by atoms with Crippen LogP contribution in [0.1, 0.15) is 6.42 Å². The third kappa shape index (κ3) is 2.81. The Kier molecular flexibility index (Phi) is 3.82. The molecule has 2 aliphatic heterocycles. The fourth-order valence-corrected chi connectivity index (χ4v) is 3.16. The molecule has 104 valence electrons. The van der Waals surface area contributed by atoms with E-state index in [1.54, 1.807) is 0 Å². The van der Waals surface area contributed by atoms with Crippen molar-refractivity contribution < 1.29 is 4.74 Å². The quantitative estimate of drug-likeness (QED) is 0.840. The summed E-state index contributed by atoms with van der Waals surface area (Å²) in [7, 11) is 0. The van der Waals surface area contributed by atoms with Crippen molar-refractivity contribution in [2.75, 3.05) is 50.0 Å². The summed E-state index contributed by atoms with van der Waals surface area (Å²) in [4.78, 5) is 4.88. The monoisotopic (exact) mass is 281 g/mol. The molecule has 0 saturated carbocycles. The van der Waals surface area contributed by atoms with Crippen molar-refractivity contribution in [3.63, 3.8) is 0 Å². The van der Waals surface area contributed by atoms with Gasteiger partial charge in [-0.05, 0) is 24.6 Å². The number of nitrogens with zero attached hydrogens (tertiary/aromatic N) is 2. The van der Waals surface area contributed by atoms with Crippen molar-refractivity contribution in [3.05, 3.63) is 23.2 Å². The summed E-state index contributed by atoms with van der Waals surface area (Å²) in [6, 6.07) is 6.32. The molecule has 1 aromatic rings. The Balaban J connectivity index is 1.69. The lowest BCUT2D eigenvalue weighted by Gasteiger charge is -2.32. The summed E-state index contributed by atoms with van der Waals surface area (Å²) in [6.45, 7) is 5.88. The maximum absolute atomic E-state index is 6.07. The van der Waals surface area contributed by atoms with Gasteiger partial charge in [-0.1, -0.05) is 11.6 Å². The minimum absolute atomic E-state index is 0.613. The van der Waals surface area contributed by atoms with Gasteiger partial charge in [0.15, 0.2) is 0 Å². The first kappa shape index (κ1) is 13.0. The third-order valence-corrected chi connectivity index (χ3v) is 4.29. The molecule has 2 aliphatic rings. The van der Waals surface area contributed by atoms with Gasteiger partial charge >= 0.3 is 0 Å². The van der Waals surface area contributed by atoms with Gasteiger partial charge in [0.25, 0.3) is 0 Å². The van der Waals surface area contributed by atoms with Crippen molar-refractivity contribution in [2.45, 2.75) is 12.5 Å². The fraction of sp³-hybridized carbons (Fsp3) is 0.571. The van der Waals surface area contributed by atoms with E-state index >= 15 is 0 Å². The summed E-state index contributed by atoms with van der Waals surface area (Å²) in [5, 5.41) is 0.749. The van der Waals surface area contributed by atoms with Crippen LogP contribution in [-0.4, -0.2) is 50.3 Å². The van der Waals surface area contributed by atoms with Crippen molar-refractivity contribution in [3.8, 4) is 0 Å². The van der Waals surface area contributed by atoms with Crippen molar-refractivity contribution in [2.24, 2.45) is 0 Å². The maximum Gasteiger partial charge on any atom is 0.0615 e. The average molecular weight is 282 g/mol. The minimum atomic E-state index is 0.613. The standard InChI is InChI=1S/C14H20ClN3O/c15-11-1-2-13(16)14(9-11)18-4-3-12(10-18)17-5-7-19-8-6-17/h1-2,9,12H,3-8,10,16H2. The summed E-state index contributed by atoms with van der Waals surface area (Å²) in [5.41, 5.74) is 7.94. The van der Waals surface area contributed by atoms with E-state index in [9.17, 15) is 0 Å². The van der Waals surface area contributed by atoms with Crippen LogP contribution in [0.4, 0.5) is 11.4 Å². The molecule has 2 fully saturated rings. The van der Waals surface area contributed by atoms with Gasteiger partial charge in [-0.3, -0.25) is 4.90 Å². The second kappa shape index (κ2) is 5.57. The van der Waals surface area contributed by atoms with E-state index < -0.39 is 0 Å². The second-order valence-electron chi connectivity index (χ2n) is 5.24. The number of nitrogens with two attached hydrogens (primary N) is 1. The van der Waals surface area contributed by atoms with Crippen LogP contribution in [0.2, 0.25) is 5.02 Å². The number of hydrogen-bond donors (Lipinski definition) is 1. The largest absolute Gasteiger partial charge is 0.397 e. The molecule has 0 spiro atoms. The van der Waals surface area contributed by atoms with Crippen molar-refractivity contribution in [1.29, 1.82) is 0 Å². The first-order chi connectivity index (χ1) is 9.24. The van der Waals surface area contributed by atoms with E-state index in [2.05, 4.69) is 9.80 Å². The Labute approximate surface area is 119 Å². The highest BCUT2D eigenvalue weighted by Gasteiger charge is 2.29. The molecule has 0 radical (unpaired) electrons. The van der Waals surface area contributed by atoms with Crippen LogP contribution in [0.15, 0.2) is 18.2 Å². The number of nitrogen functional groups attached to an aromatic ring is 1. The summed E-state index contributed by atoms with van der Waals surface area (Å²) >= 11 is 6.07. The Bertz CT molecular complexity index is 448. The third-order valence-electron chi connectivity index (χ3n) is 4.06. The van der Waals surface area contributed by atoms with E-state index in [-0.39, 0.29) is 0 Å². The molecule has 0 amide bonds. The van der Waals surface area contributed by atoms with Crippen LogP contribution in [0.25, 0.3) is 0 Å². The number of anilines is 2. The minimum Gasteiger partial charge on any atom is -0.397 e. The van der Waals surface area contributed by atoms with Gasteiger partial charge < -0.3 is 15.4 Å². The lowest BCUT2D eigenvalue weighted by molar-refractivity contribution is 0.0209. The molecule has 0 aliphatic carbocycles. The molecular weight excluding hydrogens is 262 g/mol. The Morgan fingerprint density at radius 1 is 1.21 bits per heavy atom. The van der Waals surface area contributed by atoms with Gasteiger partial charge in [-0.25, -0.2) is 0 Å². The van der Waals surface area contributed by atoms with E-state index in [4.69, 9.17) is 22.1 Å². The summed E-state index contributed by atoms with van der Waals surface area (Å²) in [6.07, 6.45) is 1.19. The molecule has 2 N–H and O–H groups in total. The van der Waals surface area contributed by atoms with E-state index in [1.807, 2.05) is 18.2 Å². The molecule has 1 unspecified atom stereocenters. The SMILES string of the molecule is Nc1ccc(Cl)cc1N1CCC(N2CCOCC2)C1. The molecule has 2 saturated heterocycles. The number of rotatable bonds is 2. The van der Waals surface area contributed by atoms with Gasteiger partial charge in [-0.2, -0.15) is 0 Å². The second-order valence-corrected chi connectivity index (χ2v) is 5.68. The van der Waals surface area contributed by atoms with Gasteiger partial charge in [0.05, 0.1) is 24.6 Å². The molecule has 4 nitrogen and oxygen atoms in total. The molecule has 1 atom stereocenters. The normalized spacial score (nSPS) is 24.9. The van der Waals surface area contributed by atoms with Crippen molar-refractivity contribution >= 4 is 23.0 Å². The molecular formula is C14H20ClN3O. The highest BCUT2D eigenvalue weighted by Crippen LogP contribution is 2.30. The number of hydrogen-bond acceptors (Lipinski definition) is 4. The van der Waals surface area contributed by atoms with Crippen LogP contribution in [0.5, 0.6) is 0 Å². The number of morpholine rings is 1. The molecule has 5 heteroatoms. The Morgan fingerprint density at radius 2 is 2.00 bits per heavy atom. The van der Waals surface area contributed by atoms with Crippen LogP contribution < -0.4 is 10.6 Å². The molecule has 2 heterocycles. The fourth-order valence-electron chi connectivity index (χ4n) is 2.99. The summed E-state index contributed by atoms with van der Waals surface area (Å²) in [5.74, 6) is 0. The molecule has 3 rings (SSSR count). The molecule has 0 aromatic heterocycles. The van der Waals surface area contributed by atoms with E-state index in [0.717, 1.165) is 55.8 Å². The first-order valence-corrected chi connectivity index (χ1v) is 7.23. The lowest BCUT2D eigenvalue weighted by atomic mass is 10.2. The highest BCUT2D eigenvalue weighted by molar-refractivity contribution is 6.31. The van der Waals surface area contributed by atoms with Crippen molar-refractivity contribution in [1.82, 2.24) is 4.90 Å². The van der Waals surface area contributed by atoms with Crippen LogP contribution >= 0.6 is 11.6 Å². The topological polar surface area (TPSA) is 41.7 Å². The summed E-state index contributed by atoms with van der Waals surface area (Å²) < 4.78 is 5.41. The smallest absolute Gasteiger partial charge is 0.0615 e. The predicted molar refractivity (Wildman–Crippen MR) is 78.9 cm³/mol. The van der Waals surface area contributed by atoms with Gasteiger partial charge in [0.1, 0.15) is 0 Å². The van der Waals surface area contributed by atoms with E-state index in [1.165, 1.54) is 6.42 Å². The van der Waals surface area contributed by atoms with Crippen LogP contribution in [-0.2, 0) is 4.74 Å².